The Morgan fingerprint density at radius 1 is 1.04 bits per heavy atom. The van der Waals surface area contributed by atoms with Crippen LogP contribution in [0.25, 0.3) is 0 Å². The van der Waals surface area contributed by atoms with Gasteiger partial charge in [-0.2, -0.15) is 0 Å². The highest BCUT2D eigenvalue weighted by molar-refractivity contribution is 5.90. The number of methoxy groups -OCH3 is 1. The van der Waals surface area contributed by atoms with Crippen LogP contribution in [-0.4, -0.2) is 26.0 Å². The largest absolute Gasteiger partial charge is 0.497 e. The van der Waals surface area contributed by atoms with Crippen LogP contribution in [0, 0.1) is 5.92 Å². The van der Waals surface area contributed by atoms with Crippen molar-refractivity contribution in [3.8, 4) is 5.75 Å². The van der Waals surface area contributed by atoms with E-state index in [0.29, 0.717) is 31.4 Å². The smallest absolute Gasteiger partial charge is 0.224 e. The molecule has 28 heavy (non-hydrogen) atoms. The number of aliphatic imine (C=N–C) groups is 1. The zero-order valence-electron chi connectivity index (χ0n) is 17.1. The second-order valence-electron chi connectivity index (χ2n) is 6.97. The van der Waals surface area contributed by atoms with Crippen molar-refractivity contribution in [2.24, 2.45) is 10.9 Å². The molecule has 0 saturated carbocycles. The van der Waals surface area contributed by atoms with Crippen LogP contribution in [0.2, 0.25) is 0 Å². The van der Waals surface area contributed by atoms with Gasteiger partial charge >= 0.3 is 0 Å². The molecule has 2 aromatic rings. The van der Waals surface area contributed by atoms with Crippen LogP contribution in [0.15, 0.2) is 53.5 Å². The molecule has 6 nitrogen and oxygen atoms in total. The highest BCUT2D eigenvalue weighted by atomic mass is 16.5. The fraction of sp³-hybridized carbons (Fsp3) is 0.364. The lowest BCUT2D eigenvalue weighted by molar-refractivity contribution is -0.116. The zero-order valence-corrected chi connectivity index (χ0v) is 17.1. The summed E-state index contributed by atoms with van der Waals surface area (Å²) in [6, 6.07) is 15.7. The van der Waals surface area contributed by atoms with Crippen molar-refractivity contribution in [2.45, 2.75) is 33.4 Å². The molecule has 0 radical (unpaired) electrons. The van der Waals surface area contributed by atoms with Gasteiger partial charge in [0.2, 0.25) is 5.91 Å². The summed E-state index contributed by atoms with van der Waals surface area (Å²) in [7, 11) is 3.40. The summed E-state index contributed by atoms with van der Waals surface area (Å²) < 4.78 is 5.17. The number of guanidine groups is 1. The third kappa shape index (κ3) is 7.31. The molecule has 0 aromatic heterocycles. The maximum absolute atomic E-state index is 11.9. The molecule has 0 spiro atoms. The Kier molecular flexibility index (Phi) is 8.34. The summed E-state index contributed by atoms with van der Waals surface area (Å²) >= 11 is 0. The monoisotopic (exact) mass is 382 g/mol. The summed E-state index contributed by atoms with van der Waals surface area (Å²) in [6.45, 7) is 5.33. The standard InChI is InChI=1S/C22H30N4O2/c1-16(2)12-21(27)26-19-7-5-6-18(13-19)15-25-22(23-3)24-14-17-8-10-20(28-4)11-9-17/h5-11,13,16H,12,14-15H2,1-4H3,(H,26,27)(H2,23,24,25). The highest BCUT2D eigenvalue weighted by Gasteiger charge is 2.06. The van der Waals surface area contributed by atoms with Crippen LogP contribution >= 0.6 is 0 Å². The molecule has 150 valence electrons. The number of hydrogen-bond acceptors (Lipinski definition) is 3. The van der Waals surface area contributed by atoms with Crippen molar-refractivity contribution >= 4 is 17.6 Å². The first-order valence-electron chi connectivity index (χ1n) is 9.46. The highest BCUT2D eigenvalue weighted by Crippen LogP contribution is 2.13. The third-order valence-electron chi connectivity index (χ3n) is 4.11. The number of hydrogen-bond donors (Lipinski definition) is 3. The Bertz CT molecular complexity index is 785. The van der Waals surface area contributed by atoms with E-state index in [2.05, 4.69) is 20.9 Å². The summed E-state index contributed by atoms with van der Waals surface area (Å²) in [5.41, 5.74) is 3.01. The van der Waals surface area contributed by atoms with Crippen LogP contribution in [0.5, 0.6) is 5.75 Å². The average Bonchev–Trinajstić information content (AvgIpc) is 2.68. The molecular formula is C22H30N4O2. The van der Waals surface area contributed by atoms with Gasteiger partial charge in [0.1, 0.15) is 5.75 Å². The molecule has 0 bridgehead atoms. The number of ether oxygens (including phenoxy) is 1. The van der Waals surface area contributed by atoms with Gasteiger partial charge in [-0.15, -0.1) is 0 Å². The van der Waals surface area contributed by atoms with Gasteiger partial charge < -0.3 is 20.7 Å². The number of rotatable bonds is 8. The average molecular weight is 383 g/mol. The number of anilines is 1. The molecule has 0 heterocycles. The molecule has 2 aromatic carbocycles. The minimum absolute atomic E-state index is 0.0390. The minimum atomic E-state index is 0.0390. The van der Waals surface area contributed by atoms with Crippen molar-refractivity contribution in [1.29, 1.82) is 0 Å². The molecule has 0 aliphatic carbocycles. The van der Waals surface area contributed by atoms with Crippen LogP contribution in [0.1, 0.15) is 31.4 Å². The van der Waals surface area contributed by atoms with Crippen LogP contribution in [-0.2, 0) is 17.9 Å². The SMILES string of the molecule is CN=C(NCc1ccc(OC)cc1)NCc1cccc(NC(=O)CC(C)C)c1. The molecule has 0 aliphatic rings. The molecule has 1 amide bonds. The predicted octanol–water partition coefficient (Wildman–Crippen LogP) is 3.55. The molecule has 3 N–H and O–H groups in total. The van der Waals surface area contributed by atoms with E-state index in [1.807, 2.05) is 62.4 Å². The van der Waals surface area contributed by atoms with Crippen molar-refractivity contribution in [3.63, 3.8) is 0 Å². The molecule has 0 fully saturated rings. The molecule has 0 unspecified atom stereocenters. The molecule has 0 atom stereocenters. The van der Waals surface area contributed by atoms with Gasteiger partial charge in [-0.1, -0.05) is 38.1 Å². The van der Waals surface area contributed by atoms with Gasteiger partial charge in [0, 0.05) is 32.2 Å². The predicted molar refractivity (Wildman–Crippen MR) is 115 cm³/mol. The first kappa shape index (κ1) is 21.3. The Morgan fingerprint density at radius 3 is 2.32 bits per heavy atom. The molecular weight excluding hydrogens is 352 g/mol. The van der Waals surface area contributed by atoms with Gasteiger partial charge in [-0.3, -0.25) is 9.79 Å². The van der Waals surface area contributed by atoms with E-state index >= 15 is 0 Å². The number of nitrogens with one attached hydrogen (secondary N) is 3. The van der Waals surface area contributed by atoms with E-state index in [-0.39, 0.29) is 5.91 Å². The van der Waals surface area contributed by atoms with Crippen molar-refractivity contribution in [1.82, 2.24) is 10.6 Å². The Labute approximate surface area is 167 Å². The zero-order chi connectivity index (χ0) is 20.4. The van der Waals surface area contributed by atoms with Gasteiger partial charge in [-0.25, -0.2) is 0 Å². The lowest BCUT2D eigenvalue weighted by Gasteiger charge is -2.13. The number of nitrogens with zero attached hydrogens (tertiary/aromatic N) is 1. The first-order chi connectivity index (χ1) is 13.5. The van der Waals surface area contributed by atoms with Crippen molar-refractivity contribution in [2.75, 3.05) is 19.5 Å². The lowest BCUT2D eigenvalue weighted by Crippen LogP contribution is -2.36. The second kappa shape index (κ2) is 11.0. The Balaban J connectivity index is 1.85. The molecule has 6 heteroatoms. The third-order valence-corrected chi connectivity index (χ3v) is 4.11. The van der Waals surface area contributed by atoms with E-state index in [0.717, 1.165) is 22.6 Å². The topological polar surface area (TPSA) is 74.8 Å². The second-order valence-corrected chi connectivity index (χ2v) is 6.97. The van der Waals surface area contributed by atoms with Crippen molar-refractivity contribution in [3.05, 3.63) is 59.7 Å². The van der Waals surface area contributed by atoms with E-state index in [1.165, 1.54) is 0 Å². The van der Waals surface area contributed by atoms with E-state index < -0.39 is 0 Å². The number of benzene rings is 2. The van der Waals surface area contributed by atoms with Crippen LogP contribution < -0.4 is 20.7 Å². The number of carbonyl (C=O) groups excluding carboxylic acids is 1. The normalized spacial score (nSPS) is 11.2. The summed E-state index contributed by atoms with van der Waals surface area (Å²) in [5, 5.41) is 9.53. The Hall–Kier alpha value is -3.02. The quantitative estimate of drug-likeness (QED) is 0.482. The maximum Gasteiger partial charge on any atom is 0.224 e. The van der Waals surface area contributed by atoms with E-state index in [4.69, 9.17) is 4.74 Å². The van der Waals surface area contributed by atoms with E-state index in [1.54, 1.807) is 14.2 Å². The Morgan fingerprint density at radius 2 is 1.71 bits per heavy atom. The van der Waals surface area contributed by atoms with Gasteiger partial charge in [0.05, 0.1) is 7.11 Å². The maximum atomic E-state index is 11.9. The first-order valence-corrected chi connectivity index (χ1v) is 9.46. The van der Waals surface area contributed by atoms with Crippen LogP contribution in [0.3, 0.4) is 0 Å². The van der Waals surface area contributed by atoms with E-state index in [9.17, 15) is 4.79 Å². The van der Waals surface area contributed by atoms with Crippen molar-refractivity contribution < 1.29 is 9.53 Å². The van der Waals surface area contributed by atoms with Gasteiger partial charge in [0.15, 0.2) is 5.96 Å². The molecule has 0 aliphatic heterocycles. The summed E-state index contributed by atoms with van der Waals surface area (Å²) in [4.78, 5) is 16.2. The van der Waals surface area contributed by atoms with Crippen LogP contribution in [0.4, 0.5) is 5.69 Å². The fourth-order valence-electron chi connectivity index (χ4n) is 2.68. The molecule has 2 rings (SSSR count). The minimum Gasteiger partial charge on any atom is -0.497 e. The summed E-state index contributed by atoms with van der Waals surface area (Å²) in [6.07, 6.45) is 0.518. The number of amides is 1. The van der Waals surface area contributed by atoms with Gasteiger partial charge in [0.25, 0.3) is 0 Å². The lowest BCUT2D eigenvalue weighted by atomic mass is 10.1. The fourth-order valence-corrected chi connectivity index (χ4v) is 2.68. The summed E-state index contributed by atoms with van der Waals surface area (Å²) in [5.74, 6) is 1.93. The number of carbonyl (C=O) groups is 1. The van der Waals surface area contributed by atoms with Gasteiger partial charge in [-0.05, 0) is 41.3 Å². The molecule has 0 saturated heterocycles.